The van der Waals surface area contributed by atoms with Crippen LogP contribution in [0, 0.1) is 5.41 Å². The molecule has 0 saturated heterocycles. The SMILES string of the molecule is CCCC(C)(CNCC)Cc1c(Br)c(CC)nn1CC. The Morgan fingerprint density at radius 2 is 1.95 bits per heavy atom. The number of hydrogen-bond donors (Lipinski definition) is 1. The number of rotatable bonds is 9. The number of hydrogen-bond acceptors (Lipinski definition) is 2. The predicted molar refractivity (Wildman–Crippen MR) is 90.2 cm³/mol. The minimum atomic E-state index is 0.297. The van der Waals surface area contributed by atoms with Gasteiger partial charge in [0.25, 0.3) is 0 Å². The van der Waals surface area contributed by atoms with Gasteiger partial charge in [-0.05, 0) is 54.1 Å². The highest BCUT2D eigenvalue weighted by Gasteiger charge is 2.27. The summed E-state index contributed by atoms with van der Waals surface area (Å²) in [4.78, 5) is 0. The second kappa shape index (κ2) is 8.18. The van der Waals surface area contributed by atoms with Gasteiger partial charge >= 0.3 is 0 Å². The van der Waals surface area contributed by atoms with E-state index in [0.717, 1.165) is 32.5 Å². The third-order valence-corrected chi connectivity index (χ3v) is 4.86. The van der Waals surface area contributed by atoms with Crippen LogP contribution in [0.3, 0.4) is 0 Å². The zero-order valence-corrected chi connectivity index (χ0v) is 15.3. The Labute approximate surface area is 132 Å². The number of nitrogens with zero attached hydrogens (tertiary/aromatic N) is 2. The van der Waals surface area contributed by atoms with E-state index in [-0.39, 0.29) is 0 Å². The maximum absolute atomic E-state index is 4.72. The van der Waals surface area contributed by atoms with Gasteiger partial charge in [0, 0.05) is 13.1 Å². The van der Waals surface area contributed by atoms with Crippen LogP contribution < -0.4 is 5.32 Å². The lowest BCUT2D eigenvalue weighted by molar-refractivity contribution is 0.270. The molecule has 0 aliphatic heterocycles. The predicted octanol–water partition coefficient (Wildman–Crippen LogP) is 4.19. The number of aromatic nitrogens is 2. The van der Waals surface area contributed by atoms with Gasteiger partial charge in [0.2, 0.25) is 0 Å². The van der Waals surface area contributed by atoms with Gasteiger partial charge in [-0.3, -0.25) is 4.68 Å². The molecule has 20 heavy (non-hydrogen) atoms. The van der Waals surface area contributed by atoms with E-state index in [9.17, 15) is 0 Å². The Hall–Kier alpha value is -0.350. The summed E-state index contributed by atoms with van der Waals surface area (Å²) < 4.78 is 3.39. The summed E-state index contributed by atoms with van der Waals surface area (Å²) in [6.07, 6.45) is 4.52. The van der Waals surface area contributed by atoms with Crippen LogP contribution in [-0.4, -0.2) is 22.9 Å². The van der Waals surface area contributed by atoms with E-state index in [0.29, 0.717) is 5.41 Å². The minimum absolute atomic E-state index is 0.297. The van der Waals surface area contributed by atoms with Crippen LogP contribution in [-0.2, 0) is 19.4 Å². The quantitative estimate of drug-likeness (QED) is 0.728. The number of aryl methyl sites for hydroxylation is 2. The zero-order valence-electron chi connectivity index (χ0n) is 13.7. The van der Waals surface area contributed by atoms with Crippen molar-refractivity contribution in [2.75, 3.05) is 13.1 Å². The van der Waals surface area contributed by atoms with Crippen molar-refractivity contribution >= 4 is 15.9 Å². The molecule has 1 atom stereocenters. The molecule has 1 aromatic heterocycles. The van der Waals surface area contributed by atoms with E-state index < -0.39 is 0 Å². The molecule has 116 valence electrons. The molecule has 0 aliphatic carbocycles. The Balaban J connectivity index is 3.00. The lowest BCUT2D eigenvalue weighted by Gasteiger charge is -2.30. The summed E-state index contributed by atoms with van der Waals surface area (Å²) in [5.41, 5.74) is 2.84. The summed E-state index contributed by atoms with van der Waals surface area (Å²) in [5.74, 6) is 0. The maximum atomic E-state index is 4.72. The van der Waals surface area contributed by atoms with Gasteiger partial charge in [-0.15, -0.1) is 0 Å². The zero-order chi connectivity index (χ0) is 15.2. The lowest BCUT2D eigenvalue weighted by atomic mass is 9.81. The van der Waals surface area contributed by atoms with Gasteiger partial charge in [-0.2, -0.15) is 5.10 Å². The van der Waals surface area contributed by atoms with Crippen molar-refractivity contribution in [3.63, 3.8) is 0 Å². The topological polar surface area (TPSA) is 29.9 Å². The maximum Gasteiger partial charge on any atom is 0.0766 e. The van der Waals surface area contributed by atoms with Crippen LogP contribution in [0.2, 0.25) is 0 Å². The number of halogens is 1. The van der Waals surface area contributed by atoms with Crippen LogP contribution >= 0.6 is 15.9 Å². The summed E-state index contributed by atoms with van der Waals surface area (Å²) >= 11 is 3.77. The highest BCUT2D eigenvalue weighted by molar-refractivity contribution is 9.10. The third-order valence-electron chi connectivity index (χ3n) is 3.94. The fourth-order valence-electron chi connectivity index (χ4n) is 2.86. The van der Waals surface area contributed by atoms with Crippen LogP contribution in [0.1, 0.15) is 58.8 Å². The van der Waals surface area contributed by atoms with Gasteiger partial charge in [-0.1, -0.05) is 34.1 Å². The van der Waals surface area contributed by atoms with Crippen molar-refractivity contribution in [3.8, 4) is 0 Å². The van der Waals surface area contributed by atoms with E-state index >= 15 is 0 Å². The Morgan fingerprint density at radius 3 is 2.45 bits per heavy atom. The average Bonchev–Trinajstić information content (AvgIpc) is 2.73. The average molecular weight is 344 g/mol. The van der Waals surface area contributed by atoms with E-state index in [1.807, 2.05) is 0 Å². The number of nitrogens with one attached hydrogen (secondary N) is 1. The first-order chi connectivity index (χ1) is 9.51. The van der Waals surface area contributed by atoms with Crippen molar-refractivity contribution in [2.45, 2.75) is 66.8 Å². The molecule has 0 radical (unpaired) electrons. The molecule has 1 aromatic rings. The van der Waals surface area contributed by atoms with Gasteiger partial charge in [0.05, 0.1) is 15.9 Å². The first kappa shape index (κ1) is 17.7. The van der Waals surface area contributed by atoms with Crippen LogP contribution in [0.4, 0.5) is 0 Å². The molecule has 0 aromatic carbocycles. The van der Waals surface area contributed by atoms with Gasteiger partial charge in [-0.25, -0.2) is 0 Å². The minimum Gasteiger partial charge on any atom is -0.316 e. The lowest BCUT2D eigenvalue weighted by Crippen LogP contribution is -2.34. The first-order valence-corrected chi connectivity index (χ1v) is 8.75. The molecule has 4 heteroatoms. The summed E-state index contributed by atoms with van der Waals surface area (Å²) in [7, 11) is 0. The van der Waals surface area contributed by atoms with Crippen LogP contribution in [0.15, 0.2) is 4.47 Å². The van der Waals surface area contributed by atoms with Crippen molar-refractivity contribution in [1.82, 2.24) is 15.1 Å². The summed E-state index contributed by atoms with van der Waals surface area (Å²) in [5, 5.41) is 8.25. The second-order valence-corrected chi connectivity index (χ2v) is 6.69. The van der Waals surface area contributed by atoms with E-state index in [2.05, 4.69) is 60.5 Å². The molecule has 0 bridgehead atoms. The van der Waals surface area contributed by atoms with Gasteiger partial charge in [0.15, 0.2) is 0 Å². The van der Waals surface area contributed by atoms with Gasteiger partial charge in [0.1, 0.15) is 0 Å². The molecule has 0 saturated carbocycles. The normalized spacial score (nSPS) is 14.5. The fraction of sp³-hybridized carbons (Fsp3) is 0.812. The van der Waals surface area contributed by atoms with E-state index in [1.54, 1.807) is 0 Å². The molecular weight excluding hydrogens is 314 g/mol. The molecule has 3 nitrogen and oxygen atoms in total. The summed E-state index contributed by atoms with van der Waals surface area (Å²) in [6.45, 7) is 14.2. The third kappa shape index (κ3) is 4.32. The highest BCUT2D eigenvalue weighted by Crippen LogP contribution is 2.32. The van der Waals surface area contributed by atoms with Crippen molar-refractivity contribution < 1.29 is 0 Å². The van der Waals surface area contributed by atoms with Gasteiger partial charge < -0.3 is 5.32 Å². The van der Waals surface area contributed by atoms with Crippen molar-refractivity contribution in [2.24, 2.45) is 5.41 Å². The second-order valence-electron chi connectivity index (χ2n) is 5.89. The van der Waals surface area contributed by atoms with Crippen molar-refractivity contribution in [3.05, 3.63) is 15.9 Å². The standard InChI is InChI=1S/C16H30BrN3/c1-6-10-16(5,12-18-8-3)11-14-15(17)13(7-2)19-20(14)9-4/h18H,6-12H2,1-5H3. The Morgan fingerprint density at radius 1 is 1.25 bits per heavy atom. The Kier molecular flexibility index (Phi) is 7.24. The van der Waals surface area contributed by atoms with E-state index in [1.165, 1.54) is 28.7 Å². The molecule has 0 aliphatic rings. The molecule has 0 spiro atoms. The molecule has 1 N–H and O–H groups in total. The molecule has 0 fully saturated rings. The molecule has 1 rings (SSSR count). The van der Waals surface area contributed by atoms with Crippen LogP contribution in [0.25, 0.3) is 0 Å². The largest absolute Gasteiger partial charge is 0.316 e. The molecule has 1 unspecified atom stereocenters. The molecule has 1 heterocycles. The Bertz CT molecular complexity index is 414. The monoisotopic (exact) mass is 343 g/mol. The smallest absolute Gasteiger partial charge is 0.0766 e. The van der Waals surface area contributed by atoms with Crippen molar-refractivity contribution in [1.29, 1.82) is 0 Å². The van der Waals surface area contributed by atoms with E-state index in [4.69, 9.17) is 5.10 Å². The van der Waals surface area contributed by atoms with Crippen LogP contribution in [0.5, 0.6) is 0 Å². The molecular formula is C16H30BrN3. The summed E-state index contributed by atoms with van der Waals surface area (Å²) in [6, 6.07) is 0. The highest BCUT2D eigenvalue weighted by atomic mass is 79.9. The molecule has 0 amide bonds. The fourth-order valence-corrected chi connectivity index (χ4v) is 3.56. The first-order valence-electron chi connectivity index (χ1n) is 7.96.